The molecule has 3 aromatic carbocycles. The van der Waals surface area contributed by atoms with E-state index in [-0.39, 0.29) is 17.1 Å². The van der Waals surface area contributed by atoms with Crippen molar-refractivity contribution in [1.29, 1.82) is 0 Å². The van der Waals surface area contributed by atoms with Crippen molar-refractivity contribution in [3.63, 3.8) is 0 Å². The van der Waals surface area contributed by atoms with Crippen LogP contribution >= 0.6 is 0 Å². The van der Waals surface area contributed by atoms with Crippen molar-refractivity contribution >= 4 is 49.6 Å². The summed E-state index contributed by atoms with van der Waals surface area (Å²) >= 11 is 0. The molecule has 11 nitrogen and oxygen atoms in total. The molecule has 0 atom stereocenters. The summed E-state index contributed by atoms with van der Waals surface area (Å²) in [6.45, 7) is 7.04. The van der Waals surface area contributed by atoms with Crippen LogP contribution in [0.15, 0.2) is 51.5 Å². The highest BCUT2D eigenvalue weighted by molar-refractivity contribution is 7.86. The van der Waals surface area contributed by atoms with Gasteiger partial charge in [-0.3, -0.25) is 4.55 Å². The Morgan fingerprint density at radius 1 is 0.917 bits per heavy atom. The highest BCUT2D eigenvalue weighted by Crippen LogP contribution is 2.43. The second-order valence-corrected chi connectivity index (χ2v) is 9.79. The Hall–Kier alpha value is -4.16. The number of nitrogens with zero attached hydrogens (tertiary/aromatic N) is 6. The number of rotatable bonds is 5. The van der Waals surface area contributed by atoms with Crippen LogP contribution in [0.25, 0.3) is 10.8 Å². The zero-order chi connectivity index (χ0) is 26.4. The number of hydrogen-bond acceptors (Lipinski definition) is 10. The van der Waals surface area contributed by atoms with Gasteiger partial charge in [-0.05, 0) is 68.5 Å². The summed E-state index contributed by atoms with van der Waals surface area (Å²) in [6, 6.07) is 9.62. The maximum absolute atomic E-state index is 12.0. The monoisotopic (exact) mass is 507 g/mol. The Labute approximate surface area is 208 Å². The average Bonchev–Trinajstić information content (AvgIpc) is 2.79. The molecule has 0 aliphatic rings. The lowest BCUT2D eigenvalue weighted by Crippen LogP contribution is -2.15. The lowest BCUT2D eigenvalue weighted by atomic mass is 10.0. The van der Waals surface area contributed by atoms with E-state index in [1.807, 2.05) is 19.1 Å². The number of aromatic hydroxyl groups is 1. The fourth-order valence-corrected chi connectivity index (χ4v) is 4.44. The van der Waals surface area contributed by atoms with Crippen LogP contribution in [0.5, 0.6) is 5.75 Å². The number of nitrogens with two attached hydrogens (primary N) is 1. The number of anilines is 3. The first-order valence-electron chi connectivity index (χ1n) is 10.8. The molecular formula is C24H25N7O4S. The summed E-state index contributed by atoms with van der Waals surface area (Å²) < 4.78 is 33.8. The van der Waals surface area contributed by atoms with Crippen LogP contribution in [0.4, 0.5) is 28.7 Å². The van der Waals surface area contributed by atoms with Crippen LogP contribution in [-0.2, 0) is 10.1 Å². The van der Waals surface area contributed by atoms with E-state index in [1.54, 1.807) is 38.8 Å². The lowest BCUT2D eigenvalue weighted by molar-refractivity contribution is 0.482. The third-order valence-electron chi connectivity index (χ3n) is 5.72. The zero-order valence-corrected chi connectivity index (χ0v) is 21.2. The van der Waals surface area contributed by atoms with Gasteiger partial charge in [-0.25, -0.2) is 4.98 Å². The number of aryl methyl sites for hydroxylation is 4. The van der Waals surface area contributed by atoms with E-state index >= 15 is 0 Å². The molecule has 36 heavy (non-hydrogen) atoms. The molecule has 0 aliphatic heterocycles. The summed E-state index contributed by atoms with van der Waals surface area (Å²) in [6.07, 6.45) is 0. The molecule has 4 aromatic rings. The summed E-state index contributed by atoms with van der Waals surface area (Å²) in [4.78, 5) is 14.0. The number of benzene rings is 3. The van der Waals surface area contributed by atoms with Gasteiger partial charge in [-0.1, -0.05) is 12.1 Å². The summed E-state index contributed by atoms with van der Waals surface area (Å²) in [5, 5.41) is 20.4. The van der Waals surface area contributed by atoms with Crippen LogP contribution in [0.2, 0.25) is 0 Å². The summed E-state index contributed by atoms with van der Waals surface area (Å²) in [5.41, 5.74) is 8.47. The predicted octanol–water partition coefficient (Wildman–Crippen LogP) is 4.98. The molecule has 1 aromatic heterocycles. The molecule has 0 spiro atoms. The fraction of sp³-hybridized carbons (Fsp3) is 0.208. The third kappa shape index (κ3) is 4.68. The van der Waals surface area contributed by atoms with Gasteiger partial charge < -0.3 is 15.7 Å². The fourth-order valence-electron chi connectivity index (χ4n) is 3.84. The first kappa shape index (κ1) is 24.9. The maximum Gasteiger partial charge on any atom is 0.296 e. The summed E-state index contributed by atoms with van der Waals surface area (Å²) in [5.74, 6) is 1.22. The van der Waals surface area contributed by atoms with Gasteiger partial charge >= 0.3 is 0 Å². The number of phenolic OH excluding ortho intramolecular Hbond substituents is 1. The lowest BCUT2D eigenvalue weighted by Gasteiger charge is -2.18. The largest absolute Gasteiger partial charge is 0.505 e. The minimum Gasteiger partial charge on any atom is -0.505 e. The van der Waals surface area contributed by atoms with Gasteiger partial charge in [0.1, 0.15) is 27.9 Å². The minimum atomic E-state index is -4.62. The molecule has 0 bridgehead atoms. The number of nitrogen functional groups attached to an aromatic ring is 1. The molecule has 0 saturated heterocycles. The number of azo groups is 1. The van der Waals surface area contributed by atoms with E-state index < -0.39 is 15.0 Å². The molecule has 186 valence electrons. The van der Waals surface area contributed by atoms with E-state index in [2.05, 4.69) is 25.2 Å². The predicted molar refractivity (Wildman–Crippen MR) is 137 cm³/mol. The average molecular weight is 508 g/mol. The molecule has 4 rings (SSSR count). The van der Waals surface area contributed by atoms with Crippen LogP contribution in [0.3, 0.4) is 0 Å². The van der Waals surface area contributed by atoms with Gasteiger partial charge in [0, 0.05) is 23.8 Å². The molecule has 0 fully saturated rings. The smallest absolute Gasteiger partial charge is 0.296 e. The Kier molecular flexibility index (Phi) is 6.33. The van der Waals surface area contributed by atoms with Crippen molar-refractivity contribution in [1.82, 2.24) is 15.0 Å². The van der Waals surface area contributed by atoms with Gasteiger partial charge in [-0.15, -0.1) is 10.2 Å². The molecule has 0 aliphatic carbocycles. The Bertz CT molecular complexity index is 1630. The molecule has 0 radical (unpaired) electrons. The van der Waals surface area contributed by atoms with Crippen LogP contribution in [0, 0.1) is 27.7 Å². The van der Waals surface area contributed by atoms with Crippen LogP contribution in [-0.4, -0.2) is 40.1 Å². The Morgan fingerprint density at radius 2 is 1.58 bits per heavy atom. The highest BCUT2D eigenvalue weighted by atomic mass is 32.2. The molecule has 4 N–H and O–H groups in total. The molecule has 0 saturated carbocycles. The maximum atomic E-state index is 12.0. The first-order valence-corrected chi connectivity index (χ1v) is 12.3. The minimum absolute atomic E-state index is 0.128. The van der Waals surface area contributed by atoms with Gasteiger partial charge in [0.05, 0.1) is 0 Å². The van der Waals surface area contributed by atoms with Crippen molar-refractivity contribution < 1.29 is 18.1 Å². The van der Waals surface area contributed by atoms with Crippen molar-refractivity contribution in [3.05, 3.63) is 59.2 Å². The topological polar surface area (TPSA) is 167 Å². The molecule has 12 heteroatoms. The molecule has 1 heterocycles. The molecule has 0 amide bonds. The van der Waals surface area contributed by atoms with Gasteiger partial charge in [0.25, 0.3) is 10.1 Å². The summed E-state index contributed by atoms with van der Waals surface area (Å²) in [7, 11) is -2.93. The van der Waals surface area contributed by atoms with Gasteiger partial charge in [0.2, 0.25) is 5.95 Å². The van der Waals surface area contributed by atoms with Crippen molar-refractivity contribution in [2.45, 2.75) is 32.6 Å². The number of aromatic nitrogens is 3. The Balaban J connectivity index is 1.85. The van der Waals surface area contributed by atoms with Crippen molar-refractivity contribution in [3.8, 4) is 5.75 Å². The van der Waals surface area contributed by atoms with E-state index in [9.17, 15) is 18.1 Å². The standard InChI is InChI=1S/C24H25N7O4S/c1-12-6-7-16-10-13(2)22(23(32)20(16)21(12)25)30-29-18-11-17(8-9-19(18)36(33,34)35)31(5)24-27-14(3)26-15(4)28-24/h6-11,32H,25H2,1-5H3,(H,33,34,35). The first-order chi connectivity index (χ1) is 16.9. The van der Waals surface area contributed by atoms with Crippen molar-refractivity contribution in [2.24, 2.45) is 10.2 Å². The van der Waals surface area contributed by atoms with E-state index in [4.69, 9.17) is 5.73 Å². The number of hydrogen-bond donors (Lipinski definition) is 3. The molecule has 0 unspecified atom stereocenters. The van der Waals surface area contributed by atoms with E-state index in [1.165, 1.54) is 18.2 Å². The van der Waals surface area contributed by atoms with Gasteiger partial charge in [-0.2, -0.15) is 18.4 Å². The van der Waals surface area contributed by atoms with E-state index in [0.717, 1.165) is 10.9 Å². The third-order valence-corrected chi connectivity index (χ3v) is 6.62. The van der Waals surface area contributed by atoms with Gasteiger partial charge in [0.15, 0.2) is 5.75 Å². The highest BCUT2D eigenvalue weighted by Gasteiger charge is 2.20. The molecular weight excluding hydrogens is 482 g/mol. The number of fused-ring (bicyclic) bond motifs is 1. The second-order valence-electron chi connectivity index (χ2n) is 8.40. The number of phenols is 1. The quantitative estimate of drug-likeness (QED) is 0.192. The Morgan fingerprint density at radius 3 is 2.22 bits per heavy atom. The van der Waals surface area contributed by atoms with E-state index in [0.29, 0.717) is 39.9 Å². The van der Waals surface area contributed by atoms with Crippen LogP contribution < -0.4 is 10.6 Å². The SMILES string of the molecule is Cc1nc(C)nc(N(C)c2ccc(S(=O)(=O)O)c(N=Nc3c(C)cc4ccc(C)c(N)c4c3O)c2)n1. The van der Waals surface area contributed by atoms with Crippen LogP contribution in [0.1, 0.15) is 22.8 Å². The van der Waals surface area contributed by atoms with Crippen molar-refractivity contribution in [2.75, 3.05) is 17.7 Å². The zero-order valence-electron chi connectivity index (χ0n) is 20.3. The second kappa shape index (κ2) is 9.13. The normalized spacial score (nSPS) is 11.9.